The Morgan fingerprint density at radius 3 is 2.44 bits per heavy atom. The van der Waals surface area contributed by atoms with E-state index in [-0.39, 0.29) is 25.0 Å². The number of carboxylic acid groups (broad SMARTS) is 1. The van der Waals surface area contributed by atoms with E-state index in [4.69, 9.17) is 5.11 Å². The predicted molar refractivity (Wildman–Crippen MR) is 64.0 cm³/mol. The van der Waals surface area contributed by atoms with E-state index in [0.29, 0.717) is 12.5 Å². The Bertz CT molecular complexity index is 282. The normalized spacial score (nSPS) is 23.6. The molecule has 6 nitrogen and oxygen atoms in total. The van der Waals surface area contributed by atoms with Gasteiger partial charge in [0.25, 0.3) is 0 Å². The van der Waals surface area contributed by atoms with E-state index in [1.807, 2.05) is 0 Å². The summed E-state index contributed by atoms with van der Waals surface area (Å²) in [4.78, 5) is 21.6. The van der Waals surface area contributed by atoms with Gasteiger partial charge in [-0.25, -0.2) is 4.79 Å². The standard InChI is InChI=1S/C12H21NO5/c14-6-10-4-2-1-3-9(10)5-13-11(15)7-18-8-12(16)17/h9-10,14H,1-8H2,(H,13,15)(H,16,17). The van der Waals surface area contributed by atoms with Crippen LogP contribution in [0.3, 0.4) is 0 Å². The minimum Gasteiger partial charge on any atom is -0.480 e. The van der Waals surface area contributed by atoms with Crippen LogP contribution >= 0.6 is 0 Å². The van der Waals surface area contributed by atoms with Gasteiger partial charge in [-0.2, -0.15) is 0 Å². The summed E-state index contributed by atoms with van der Waals surface area (Å²) in [5, 5.41) is 20.3. The lowest BCUT2D eigenvalue weighted by Crippen LogP contribution is -2.37. The number of ether oxygens (including phenoxy) is 1. The third-order valence-electron chi connectivity index (χ3n) is 3.32. The quantitative estimate of drug-likeness (QED) is 0.598. The minimum absolute atomic E-state index is 0.163. The van der Waals surface area contributed by atoms with Crippen molar-refractivity contribution in [1.82, 2.24) is 5.32 Å². The highest BCUT2D eigenvalue weighted by Crippen LogP contribution is 2.28. The van der Waals surface area contributed by atoms with E-state index < -0.39 is 12.6 Å². The SMILES string of the molecule is O=C(O)COCC(=O)NCC1CCCCC1CO. The second kappa shape index (κ2) is 8.05. The van der Waals surface area contributed by atoms with E-state index in [9.17, 15) is 14.7 Å². The molecule has 2 atom stereocenters. The molecular weight excluding hydrogens is 238 g/mol. The number of aliphatic carboxylic acids is 1. The maximum absolute atomic E-state index is 11.4. The van der Waals surface area contributed by atoms with Crippen LogP contribution in [0.2, 0.25) is 0 Å². The molecule has 0 aromatic rings. The maximum Gasteiger partial charge on any atom is 0.329 e. The fourth-order valence-corrected chi connectivity index (χ4v) is 2.32. The summed E-state index contributed by atoms with van der Waals surface area (Å²) in [7, 11) is 0. The van der Waals surface area contributed by atoms with Crippen molar-refractivity contribution in [2.24, 2.45) is 11.8 Å². The fourth-order valence-electron chi connectivity index (χ4n) is 2.32. The molecule has 0 heterocycles. The highest BCUT2D eigenvalue weighted by atomic mass is 16.5. The zero-order valence-corrected chi connectivity index (χ0v) is 10.4. The van der Waals surface area contributed by atoms with Crippen LogP contribution in [-0.2, 0) is 14.3 Å². The maximum atomic E-state index is 11.4. The lowest BCUT2D eigenvalue weighted by molar-refractivity contribution is -0.143. The molecule has 0 aromatic carbocycles. The van der Waals surface area contributed by atoms with Crippen molar-refractivity contribution in [2.75, 3.05) is 26.4 Å². The fraction of sp³-hybridized carbons (Fsp3) is 0.833. The topological polar surface area (TPSA) is 95.9 Å². The van der Waals surface area contributed by atoms with Gasteiger partial charge in [-0.15, -0.1) is 0 Å². The molecule has 0 aliphatic heterocycles. The molecule has 3 N–H and O–H groups in total. The molecule has 104 valence electrons. The predicted octanol–water partition coefficient (Wildman–Crippen LogP) is 0.00250. The molecule has 6 heteroatoms. The molecule has 2 unspecified atom stereocenters. The summed E-state index contributed by atoms with van der Waals surface area (Å²) in [6, 6.07) is 0. The number of hydrogen-bond donors (Lipinski definition) is 3. The number of nitrogens with one attached hydrogen (secondary N) is 1. The third kappa shape index (κ3) is 5.46. The van der Waals surface area contributed by atoms with Gasteiger partial charge in [-0.3, -0.25) is 4.79 Å². The Morgan fingerprint density at radius 2 is 1.83 bits per heavy atom. The van der Waals surface area contributed by atoms with Crippen molar-refractivity contribution >= 4 is 11.9 Å². The molecule has 1 aliphatic rings. The van der Waals surface area contributed by atoms with E-state index in [0.717, 1.165) is 25.7 Å². The molecule has 1 fully saturated rings. The Labute approximate surface area is 106 Å². The summed E-state index contributed by atoms with van der Waals surface area (Å²) < 4.78 is 4.69. The highest BCUT2D eigenvalue weighted by Gasteiger charge is 2.24. The molecule has 0 aromatic heterocycles. The van der Waals surface area contributed by atoms with Crippen molar-refractivity contribution < 1.29 is 24.5 Å². The van der Waals surface area contributed by atoms with Crippen LogP contribution in [0.15, 0.2) is 0 Å². The van der Waals surface area contributed by atoms with Gasteiger partial charge in [0.15, 0.2) is 0 Å². The van der Waals surface area contributed by atoms with Gasteiger partial charge >= 0.3 is 5.97 Å². The third-order valence-corrected chi connectivity index (χ3v) is 3.32. The van der Waals surface area contributed by atoms with E-state index >= 15 is 0 Å². The average molecular weight is 259 g/mol. The number of carboxylic acids is 1. The molecule has 0 bridgehead atoms. The lowest BCUT2D eigenvalue weighted by atomic mass is 9.79. The molecule has 0 radical (unpaired) electrons. The van der Waals surface area contributed by atoms with Crippen LogP contribution in [0.5, 0.6) is 0 Å². The Balaban J connectivity index is 2.18. The van der Waals surface area contributed by atoms with Crippen molar-refractivity contribution in [3.05, 3.63) is 0 Å². The van der Waals surface area contributed by atoms with Crippen molar-refractivity contribution in [3.8, 4) is 0 Å². The van der Waals surface area contributed by atoms with Crippen LogP contribution < -0.4 is 5.32 Å². The average Bonchev–Trinajstić information content (AvgIpc) is 2.36. The molecule has 1 saturated carbocycles. The first-order valence-electron chi connectivity index (χ1n) is 6.30. The van der Waals surface area contributed by atoms with E-state index in [1.54, 1.807) is 0 Å². The molecule has 0 spiro atoms. The molecule has 1 rings (SSSR count). The first-order chi connectivity index (χ1) is 8.63. The summed E-state index contributed by atoms with van der Waals surface area (Å²) in [5.41, 5.74) is 0. The minimum atomic E-state index is -1.09. The number of carbonyl (C=O) groups excluding carboxylic acids is 1. The second-order valence-electron chi connectivity index (χ2n) is 4.68. The van der Waals surface area contributed by atoms with Crippen LogP contribution in [0.4, 0.5) is 0 Å². The zero-order valence-electron chi connectivity index (χ0n) is 10.4. The first-order valence-corrected chi connectivity index (χ1v) is 6.30. The zero-order chi connectivity index (χ0) is 13.4. The van der Waals surface area contributed by atoms with Gasteiger partial charge < -0.3 is 20.3 Å². The van der Waals surface area contributed by atoms with E-state index in [1.165, 1.54) is 0 Å². The molecule has 1 aliphatic carbocycles. The Morgan fingerprint density at radius 1 is 1.17 bits per heavy atom. The molecular formula is C12H21NO5. The monoisotopic (exact) mass is 259 g/mol. The smallest absolute Gasteiger partial charge is 0.329 e. The van der Waals surface area contributed by atoms with Gasteiger partial charge in [0.2, 0.25) is 5.91 Å². The van der Waals surface area contributed by atoms with Crippen LogP contribution in [-0.4, -0.2) is 48.5 Å². The molecule has 18 heavy (non-hydrogen) atoms. The van der Waals surface area contributed by atoms with Crippen LogP contribution in [0, 0.1) is 11.8 Å². The highest BCUT2D eigenvalue weighted by molar-refractivity contribution is 5.77. The van der Waals surface area contributed by atoms with Crippen molar-refractivity contribution in [1.29, 1.82) is 0 Å². The second-order valence-corrected chi connectivity index (χ2v) is 4.68. The Hall–Kier alpha value is -1.14. The van der Waals surface area contributed by atoms with Crippen LogP contribution in [0.25, 0.3) is 0 Å². The molecule has 0 saturated heterocycles. The summed E-state index contributed by atoms with van der Waals surface area (Å²) in [5.74, 6) is -0.819. The summed E-state index contributed by atoms with van der Waals surface area (Å²) in [6.07, 6.45) is 4.29. The van der Waals surface area contributed by atoms with Gasteiger partial charge in [-0.05, 0) is 24.7 Å². The largest absolute Gasteiger partial charge is 0.480 e. The van der Waals surface area contributed by atoms with Crippen molar-refractivity contribution in [3.63, 3.8) is 0 Å². The van der Waals surface area contributed by atoms with E-state index in [2.05, 4.69) is 10.1 Å². The van der Waals surface area contributed by atoms with Gasteiger partial charge in [0.1, 0.15) is 13.2 Å². The van der Waals surface area contributed by atoms with Crippen molar-refractivity contribution in [2.45, 2.75) is 25.7 Å². The number of amides is 1. The number of hydrogen-bond acceptors (Lipinski definition) is 4. The number of aliphatic hydroxyl groups excluding tert-OH is 1. The summed E-state index contributed by atoms with van der Waals surface area (Å²) >= 11 is 0. The lowest BCUT2D eigenvalue weighted by Gasteiger charge is -2.30. The number of rotatable bonds is 7. The van der Waals surface area contributed by atoms with Crippen LogP contribution in [0.1, 0.15) is 25.7 Å². The van der Waals surface area contributed by atoms with Gasteiger partial charge in [0, 0.05) is 13.2 Å². The number of carbonyl (C=O) groups is 2. The summed E-state index contributed by atoms with van der Waals surface area (Å²) in [6.45, 7) is -0.00450. The first kappa shape index (κ1) is 14.9. The molecule has 1 amide bonds. The van der Waals surface area contributed by atoms with Gasteiger partial charge in [-0.1, -0.05) is 12.8 Å². The Kier molecular flexibility index (Phi) is 6.67. The number of aliphatic hydroxyl groups is 1. The van der Waals surface area contributed by atoms with Gasteiger partial charge in [0.05, 0.1) is 0 Å².